The van der Waals surface area contributed by atoms with Crippen molar-refractivity contribution in [3.05, 3.63) is 64.4 Å². The molecule has 0 saturated heterocycles. The van der Waals surface area contributed by atoms with Crippen LogP contribution in [0.1, 0.15) is 17.2 Å². The minimum Gasteiger partial charge on any atom is -0.383 e. The van der Waals surface area contributed by atoms with E-state index in [1.165, 1.54) is 30.6 Å². The maximum Gasteiger partial charge on any atom is 0.164 e. The van der Waals surface area contributed by atoms with Gasteiger partial charge in [-0.05, 0) is 12.1 Å². The van der Waals surface area contributed by atoms with E-state index in [4.69, 9.17) is 11.6 Å². The van der Waals surface area contributed by atoms with Crippen molar-refractivity contribution in [1.82, 2.24) is 4.98 Å². The van der Waals surface area contributed by atoms with Crippen molar-refractivity contribution in [1.29, 1.82) is 0 Å². The number of hydrogen-bond acceptors (Lipinski definition) is 2. The average Bonchev–Trinajstić information content (AvgIpc) is 2.32. The summed E-state index contributed by atoms with van der Waals surface area (Å²) in [6.07, 6.45) is 1.43. The molecule has 2 nitrogen and oxygen atoms in total. The number of pyridine rings is 1. The molecule has 1 unspecified atom stereocenters. The van der Waals surface area contributed by atoms with Crippen LogP contribution in [0.2, 0.25) is 5.02 Å². The molecule has 0 amide bonds. The molecule has 2 aromatic rings. The van der Waals surface area contributed by atoms with Crippen LogP contribution < -0.4 is 0 Å². The van der Waals surface area contributed by atoms with Gasteiger partial charge >= 0.3 is 0 Å². The number of aliphatic hydroxyl groups excluding tert-OH is 1. The summed E-state index contributed by atoms with van der Waals surface area (Å²) in [6, 6.07) is 5.07. The third-order valence-electron chi connectivity index (χ3n) is 2.37. The van der Waals surface area contributed by atoms with Crippen LogP contribution in [-0.4, -0.2) is 10.1 Å². The van der Waals surface area contributed by atoms with Gasteiger partial charge in [0.1, 0.15) is 6.10 Å². The van der Waals surface area contributed by atoms with Gasteiger partial charge in [0.05, 0.1) is 5.02 Å². The molecule has 0 spiro atoms. The zero-order valence-corrected chi connectivity index (χ0v) is 9.33. The van der Waals surface area contributed by atoms with E-state index in [0.717, 1.165) is 6.07 Å². The van der Waals surface area contributed by atoms with Gasteiger partial charge in [0.15, 0.2) is 11.6 Å². The Bertz CT molecular complexity index is 548. The Balaban J connectivity index is 2.48. The third-order valence-corrected chi connectivity index (χ3v) is 2.69. The summed E-state index contributed by atoms with van der Waals surface area (Å²) in [4.78, 5) is 3.75. The fourth-order valence-corrected chi connectivity index (χ4v) is 1.73. The molecular formula is C12H8ClF2NO. The lowest BCUT2D eigenvalue weighted by Gasteiger charge is -2.13. The van der Waals surface area contributed by atoms with E-state index in [0.29, 0.717) is 0 Å². The standard InChI is InChI=1S/C12H8ClF2NO/c13-9-6-16-5-4-7(9)12(17)8-2-1-3-10(14)11(8)15/h1-6,12,17H. The maximum atomic E-state index is 13.5. The highest BCUT2D eigenvalue weighted by atomic mass is 35.5. The van der Waals surface area contributed by atoms with Crippen LogP contribution in [0, 0.1) is 11.6 Å². The van der Waals surface area contributed by atoms with Gasteiger partial charge in [0, 0.05) is 23.5 Å². The largest absolute Gasteiger partial charge is 0.383 e. The van der Waals surface area contributed by atoms with Crippen LogP contribution in [-0.2, 0) is 0 Å². The normalized spacial score (nSPS) is 12.5. The third kappa shape index (κ3) is 2.28. The molecule has 0 aliphatic rings. The van der Waals surface area contributed by atoms with E-state index in [-0.39, 0.29) is 16.1 Å². The Morgan fingerprint density at radius 3 is 2.65 bits per heavy atom. The molecule has 0 saturated carbocycles. The van der Waals surface area contributed by atoms with Gasteiger partial charge in [-0.25, -0.2) is 8.78 Å². The quantitative estimate of drug-likeness (QED) is 0.895. The van der Waals surface area contributed by atoms with Crippen LogP contribution in [0.3, 0.4) is 0 Å². The minimum atomic E-state index is -1.32. The second-order valence-corrected chi connectivity index (χ2v) is 3.85. The van der Waals surface area contributed by atoms with Crippen molar-refractivity contribution < 1.29 is 13.9 Å². The summed E-state index contributed by atoms with van der Waals surface area (Å²) in [7, 11) is 0. The lowest BCUT2D eigenvalue weighted by Crippen LogP contribution is -2.05. The van der Waals surface area contributed by atoms with Crippen LogP contribution in [0.4, 0.5) is 8.78 Å². The number of hydrogen-bond donors (Lipinski definition) is 1. The maximum absolute atomic E-state index is 13.5. The highest BCUT2D eigenvalue weighted by Crippen LogP contribution is 2.29. The van der Waals surface area contributed by atoms with E-state index >= 15 is 0 Å². The van der Waals surface area contributed by atoms with Crippen molar-refractivity contribution in [3.63, 3.8) is 0 Å². The molecule has 0 aliphatic carbocycles. The van der Waals surface area contributed by atoms with Crippen LogP contribution in [0.25, 0.3) is 0 Å². The van der Waals surface area contributed by atoms with Crippen molar-refractivity contribution in [3.8, 4) is 0 Å². The topological polar surface area (TPSA) is 33.1 Å². The summed E-state index contributed by atoms with van der Waals surface area (Å²) in [6.45, 7) is 0. The predicted molar refractivity (Wildman–Crippen MR) is 59.7 cm³/mol. The van der Waals surface area contributed by atoms with Gasteiger partial charge in [-0.1, -0.05) is 23.7 Å². The minimum absolute atomic E-state index is 0.155. The molecule has 5 heteroatoms. The van der Waals surface area contributed by atoms with Gasteiger partial charge in [0.2, 0.25) is 0 Å². The molecule has 1 aromatic carbocycles. The Labute approximate surface area is 102 Å². The highest BCUT2D eigenvalue weighted by molar-refractivity contribution is 6.31. The number of halogens is 3. The molecule has 1 heterocycles. The first kappa shape index (κ1) is 12.0. The summed E-state index contributed by atoms with van der Waals surface area (Å²) >= 11 is 5.82. The molecule has 0 radical (unpaired) electrons. The van der Waals surface area contributed by atoms with Gasteiger partial charge in [-0.3, -0.25) is 4.98 Å². The van der Waals surface area contributed by atoms with Crippen molar-refractivity contribution >= 4 is 11.6 Å². The molecule has 1 N–H and O–H groups in total. The molecule has 1 atom stereocenters. The number of aromatic nitrogens is 1. The first-order valence-electron chi connectivity index (χ1n) is 4.82. The van der Waals surface area contributed by atoms with Gasteiger partial charge in [-0.2, -0.15) is 0 Å². The number of rotatable bonds is 2. The van der Waals surface area contributed by atoms with Crippen LogP contribution in [0.15, 0.2) is 36.7 Å². The molecule has 88 valence electrons. The monoisotopic (exact) mass is 255 g/mol. The highest BCUT2D eigenvalue weighted by Gasteiger charge is 2.19. The summed E-state index contributed by atoms with van der Waals surface area (Å²) < 4.78 is 26.5. The Morgan fingerprint density at radius 2 is 1.94 bits per heavy atom. The lowest BCUT2D eigenvalue weighted by molar-refractivity contribution is 0.213. The molecule has 0 aliphatic heterocycles. The average molecular weight is 256 g/mol. The molecule has 17 heavy (non-hydrogen) atoms. The predicted octanol–water partition coefficient (Wildman–Crippen LogP) is 3.09. The zero-order valence-electron chi connectivity index (χ0n) is 8.57. The first-order valence-corrected chi connectivity index (χ1v) is 5.20. The summed E-state index contributed by atoms with van der Waals surface area (Å²) in [5.74, 6) is -2.08. The molecule has 0 bridgehead atoms. The van der Waals surface area contributed by atoms with E-state index in [2.05, 4.69) is 4.98 Å². The smallest absolute Gasteiger partial charge is 0.164 e. The zero-order chi connectivity index (χ0) is 12.4. The number of benzene rings is 1. The Hall–Kier alpha value is -1.52. The van der Waals surface area contributed by atoms with Crippen molar-refractivity contribution in [2.24, 2.45) is 0 Å². The van der Waals surface area contributed by atoms with Crippen molar-refractivity contribution in [2.75, 3.05) is 0 Å². The van der Waals surface area contributed by atoms with E-state index in [1.54, 1.807) is 0 Å². The summed E-state index contributed by atoms with van der Waals surface area (Å²) in [5.41, 5.74) is 0.129. The first-order chi connectivity index (χ1) is 8.11. The molecule has 1 aromatic heterocycles. The van der Waals surface area contributed by atoms with Crippen LogP contribution in [0.5, 0.6) is 0 Å². The molecule has 0 fully saturated rings. The fraction of sp³-hybridized carbons (Fsp3) is 0.0833. The van der Waals surface area contributed by atoms with E-state index in [9.17, 15) is 13.9 Å². The molecular weight excluding hydrogens is 248 g/mol. The second kappa shape index (κ2) is 4.77. The Kier molecular flexibility index (Phi) is 3.36. The lowest BCUT2D eigenvalue weighted by atomic mass is 10.0. The fourth-order valence-electron chi connectivity index (χ4n) is 1.51. The van der Waals surface area contributed by atoms with Gasteiger partial charge < -0.3 is 5.11 Å². The van der Waals surface area contributed by atoms with Gasteiger partial charge in [-0.15, -0.1) is 0 Å². The van der Waals surface area contributed by atoms with Crippen LogP contribution >= 0.6 is 11.6 Å². The summed E-state index contributed by atoms with van der Waals surface area (Å²) in [5, 5.41) is 10.2. The Morgan fingerprint density at radius 1 is 1.18 bits per heavy atom. The van der Waals surface area contributed by atoms with E-state index in [1.807, 2.05) is 0 Å². The van der Waals surface area contributed by atoms with E-state index < -0.39 is 17.7 Å². The van der Waals surface area contributed by atoms with Crippen molar-refractivity contribution in [2.45, 2.75) is 6.10 Å². The SMILES string of the molecule is OC(c1ccncc1Cl)c1cccc(F)c1F. The number of aliphatic hydroxyl groups is 1. The second-order valence-electron chi connectivity index (χ2n) is 3.44. The van der Waals surface area contributed by atoms with Gasteiger partial charge in [0.25, 0.3) is 0 Å². The number of nitrogens with zero attached hydrogens (tertiary/aromatic N) is 1. The molecule has 2 rings (SSSR count).